The van der Waals surface area contributed by atoms with Crippen LogP contribution in [0.15, 0.2) is 66.7 Å². The number of hydrogen-bond donors (Lipinski definition) is 1. The second kappa shape index (κ2) is 7.61. The van der Waals surface area contributed by atoms with Gasteiger partial charge in [-0.05, 0) is 49.1 Å². The molecule has 1 aromatic heterocycles. The van der Waals surface area contributed by atoms with Crippen molar-refractivity contribution in [2.45, 2.75) is 39.3 Å². The van der Waals surface area contributed by atoms with Gasteiger partial charge in [-0.25, -0.2) is 0 Å². The van der Waals surface area contributed by atoms with E-state index in [1.165, 1.54) is 4.57 Å². The predicted octanol–water partition coefficient (Wildman–Crippen LogP) is 5.49. The highest BCUT2D eigenvalue weighted by Gasteiger charge is 2.19. The molecule has 1 N–H and O–H groups in total. The minimum atomic E-state index is -0.533. The van der Waals surface area contributed by atoms with E-state index in [0.29, 0.717) is 18.4 Å². The van der Waals surface area contributed by atoms with Gasteiger partial charge < -0.3 is 9.67 Å². The quantitative estimate of drug-likeness (QED) is 0.452. The molecular weight excluding hydrogens is 346 g/mol. The Balaban J connectivity index is 2.01. The van der Waals surface area contributed by atoms with Gasteiger partial charge in [0.1, 0.15) is 0 Å². The van der Waals surface area contributed by atoms with Gasteiger partial charge >= 0.3 is 0 Å². The van der Waals surface area contributed by atoms with Gasteiger partial charge in [0.25, 0.3) is 0 Å². The number of carbonyl (C=O) groups is 1. The number of benzene rings is 3. The second-order valence-corrected chi connectivity index (χ2v) is 7.16. The molecule has 142 valence electrons. The number of aryl methyl sites for hydroxylation is 2. The van der Waals surface area contributed by atoms with Crippen LogP contribution in [0.4, 0.5) is 0 Å². The van der Waals surface area contributed by atoms with E-state index in [0.717, 1.165) is 16.3 Å². The average Bonchev–Trinajstić information content (AvgIpc) is 3.08. The van der Waals surface area contributed by atoms with E-state index in [4.69, 9.17) is 6.85 Å². The fourth-order valence-corrected chi connectivity index (χ4v) is 3.60. The molecule has 1 heterocycles. The van der Waals surface area contributed by atoms with Gasteiger partial charge in [0, 0.05) is 34.7 Å². The number of ketones is 1. The lowest BCUT2D eigenvalue weighted by molar-refractivity contribution is 0.104. The third-order valence-corrected chi connectivity index (χ3v) is 5.05. The molecule has 0 bridgehead atoms. The van der Waals surface area contributed by atoms with Gasteiger partial charge in [-0.2, -0.15) is 0 Å². The third kappa shape index (κ3) is 3.34. The summed E-state index contributed by atoms with van der Waals surface area (Å²) in [5, 5.41) is 11.3. The first-order chi connectivity index (χ1) is 15.6. The summed E-state index contributed by atoms with van der Waals surface area (Å²) < 4.78 is 43.5. The maximum absolute atomic E-state index is 13.8. The molecule has 0 amide bonds. The van der Waals surface area contributed by atoms with Crippen molar-refractivity contribution in [3.8, 4) is 0 Å². The van der Waals surface area contributed by atoms with Crippen LogP contribution >= 0.6 is 0 Å². The van der Waals surface area contributed by atoms with E-state index in [1.54, 1.807) is 13.0 Å². The van der Waals surface area contributed by atoms with Crippen LogP contribution in [0.3, 0.4) is 0 Å². The van der Waals surface area contributed by atoms with Crippen LogP contribution < -0.4 is 0 Å². The third-order valence-electron chi connectivity index (χ3n) is 5.05. The number of aromatic nitrogens is 1. The van der Waals surface area contributed by atoms with Crippen LogP contribution in [-0.4, -0.2) is 21.6 Å². The first-order valence-corrected chi connectivity index (χ1v) is 9.45. The van der Waals surface area contributed by atoms with Crippen molar-refractivity contribution in [3.63, 3.8) is 0 Å². The zero-order chi connectivity index (χ0) is 24.0. The highest BCUT2D eigenvalue weighted by Crippen LogP contribution is 2.28. The van der Waals surface area contributed by atoms with Crippen molar-refractivity contribution in [1.82, 2.24) is 4.57 Å². The number of aliphatic hydroxyl groups excluding tert-OH is 1. The topological polar surface area (TPSA) is 42.2 Å². The van der Waals surface area contributed by atoms with E-state index < -0.39 is 24.0 Å². The highest BCUT2D eigenvalue weighted by molar-refractivity contribution is 6.21. The van der Waals surface area contributed by atoms with E-state index >= 15 is 0 Å². The van der Waals surface area contributed by atoms with Crippen molar-refractivity contribution in [2.75, 3.05) is 0 Å². The lowest BCUT2D eigenvalue weighted by atomic mass is 9.95. The summed E-state index contributed by atoms with van der Waals surface area (Å²) in [6.07, 6.45) is 0.292. The number of fused-ring (bicyclic) bond motifs is 2. The molecule has 3 aromatic carbocycles. The van der Waals surface area contributed by atoms with Crippen molar-refractivity contribution in [2.24, 2.45) is 0 Å². The summed E-state index contributed by atoms with van der Waals surface area (Å²) in [7, 11) is 0. The molecule has 3 heteroatoms. The largest absolute Gasteiger partial charge is 0.393 e. The molecule has 0 aliphatic rings. The van der Waals surface area contributed by atoms with Gasteiger partial charge in [0.15, 0.2) is 5.78 Å². The molecule has 0 radical (unpaired) electrons. The van der Waals surface area contributed by atoms with Crippen LogP contribution in [0.2, 0.25) is 0 Å². The van der Waals surface area contributed by atoms with Crippen molar-refractivity contribution in [3.05, 3.63) is 83.4 Å². The molecule has 3 nitrogen and oxygen atoms in total. The number of hydrogen-bond acceptors (Lipinski definition) is 2. The molecule has 0 saturated carbocycles. The summed E-state index contributed by atoms with van der Waals surface area (Å²) in [5.74, 6) is -0.444. The van der Waals surface area contributed by atoms with E-state index in [1.807, 2.05) is 37.3 Å². The average molecular weight is 377 g/mol. The van der Waals surface area contributed by atoms with Gasteiger partial charge in [0.05, 0.1) is 13.0 Å². The smallest absolute Gasteiger partial charge is 0.195 e. The maximum atomic E-state index is 13.8. The monoisotopic (exact) mass is 376 g/mol. The Morgan fingerprint density at radius 3 is 2.61 bits per heavy atom. The van der Waals surface area contributed by atoms with Crippen LogP contribution in [0.1, 0.15) is 48.1 Å². The minimum absolute atomic E-state index is 0.0250. The molecule has 0 fully saturated rings. The number of para-hydroxylation sites is 1. The Hall–Kier alpha value is -2.91. The maximum Gasteiger partial charge on any atom is 0.195 e. The Labute approximate surface area is 172 Å². The number of nitrogens with zero attached hydrogens (tertiary/aromatic N) is 1. The van der Waals surface area contributed by atoms with Crippen LogP contribution in [-0.2, 0) is 6.54 Å². The fourth-order valence-electron chi connectivity index (χ4n) is 3.60. The molecule has 1 unspecified atom stereocenters. The van der Waals surface area contributed by atoms with Gasteiger partial charge in [-0.15, -0.1) is 0 Å². The Morgan fingerprint density at radius 1 is 1.07 bits per heavy atom. The van der Waals surface area contributed by atoms with Crippen LogP contribution in [0.5, 0.6) is 0 Å². The van der Waals surface area contributed by atoms with Gasteiger partial charge in [0.2, 0.25) is 0 Å². The van der Waals surface area contributed by atoms with Crippen molar-refractivity contribution >= 4 is 27.5 Å². The van der Waals surface area contributed by atoms with E-state index in [-0.39, 0.29) is 41.3 Å². The van der Waals surface area contributed by atoms with Gasteiger partial charge in [-0.3, -0.25) is 4.79 Å². The first kappa shape index (κ1) is 13.3. The molecule has 0 aliphatic carbocycles. The fraction of sp³-hybridized carbons (Fsp3) is 0.240. The molecule has 4 rings (SSSR count). The summed E-state index contributed by atoms with van der Waals surface area (Å²) >= 11 is 0. The van der Waals surface area contributed by atoms with E-state index in [9.17, 15) is 9.90 Å². The summed E-state index contributed by atoms with van der Waals surface area (Å²) in [5.41, 5.74) is 1.52. The molecule has 0 spiro atoms. The zero-order valence-electron chi connectivity index (χ0n) is 21.0. The summed E-state index contributed by atoms with van der Waals surface area (Å²) in [6.45, 7) is 3.88. The Kier molecular flexibility index (Phi) is 3.61. The summed E-state index contributed by atoms with van der Waals surface area (Å²) in [4.78, 5) is 13.8. The second-order valence-electron chi connectivity index (χ2n) is 7.16. The number of aliphatic hydroxyl groups is 1. The Morgan fingerprint density at radius 2 is 1.82 bits per heavy atom. The van der Waals surface area contributed by atoms with Crippen LogP contribution in [0.25, 0.3) is 21.7 Å². The highest BCUT2D eigenvalue weighted by atomic mass is 16.3. The van der Waals surface area contributed by atoms with Crippen molar-refractivity contribution < 1.29 is 16.8 Å². The van der Waals surface area contributed by atoms with Gasteiger partial charge in [-0.1, -0.05) is 54.5 Å². The molecule has 0 aliphatic heterocycles. The van der Waals surface area contributed by atoms with Crippen molar-refractivity contribution in [1.29, 1.82) is 0 Å². The predicted molar refractivity (Wildman–Crippen MR) is 115 cm³/mol. The zero-order valence-corrected chi connectivity index (χ0v) is 16.0. The minimum Gasteiger partial charge on any atom is -0.393 e. The first-order valence-electron chi connectivity index (χ1n) is 11.9. The molecular formula is C25H25NO2. The lowest BCUT2D eigenvalue weighted by Gasteiger charge is -2.08. The standard InChI is InChI=1S/C25H25NO2/c1-17-13-14-22(20-10-4-3-9-19(17)20)25(28)23-16-26(15-7-8-18(2)27)24-12-6-5-11-21(23)24/h3-6,9-14,16,18,27H,7-8,15H2,1-2H3/i5D,6D,11D,12D,16D. The summed E-state index contributed by atoms with van der Waals surface area (Å²) in [6, 6.07) is 9.62. The Bertz CT molecular complexity index is 1410. The van der Waals surface area contributed by atoms with Crippen LogP contribution in [0, 0.1) is 6.92 Å². The van der Waals surface area contributed by atoms with E-state index in [2.05, 4.69) is 0 Å². The molecule has 0 saturated heterocycles. The molecule has 4 aromatic rings. The lowest BCUT2D eigenvalue weighted by Crippen LogP contribution is -2.04. The normalized spacial score (nSPS) is 15.0. The molecule has 28 heavy (non-hydrogen) atoms. The SMILES string of the molecule is [2H]c1c([2H])c([2H])c2c(c1[2H])c(C(=O)c1ccc(C)c3ccccc13)c([2H])n2CCCC(C)O. The number of carbonyl (C=O) groups excluding carboxylic acids is 1. The molecule has 1 atom stereocenters. The number of rotatable bonds is 6.